The molecule has 0 spiro atoms. The molecule has 0 bridgehead atoms. The Morgan fingerprint density at radius 1 is 1.46 bits per heavy atom. The van der Waals surface area contributed by atoms with Crippen molar-refractivity contribution in [2.75, 3.05) is 11.9 Å². The van der Waals surface area contributed by atoms with Gasteiger partial charge >= 0.3 is 0 Å². The molecule has 0 radical (unpaired) electrons. The summed E-state index contributed by atoms with van der Waals surface area (Å²) >= 11 is 0. The summed E-state index contributed by atoms with van der Waals surface area (Å²) < 4.78 is 0. The van der Waals surface area contributed by atoms with Crippen molar-refractivity contribution in [3.8, 4) is 0 Å². The summed E-state index contributed by atoms with van der Waals surface area (Å²) in [6, 6.07) is 3.72. The molecule has 0 saturated heterocycles. The average Bonchev–Trinajstić information content (AvgIpc) is 2.09. The van der Waals surface area contributed by atoms with E-state index in [9.17, 15) is 4.79 Å². The number of pyridine rings is 1. The zero-order valence-electron chi connectivity index (χ0n) is 8.18. The molecule has 0 unspecified atom stereocenters. The van der Waals surface area contributed by atoms with E-state index in [4.69, 9.17) is 0 Å². The van der Waals surface area contributed by atoms with Crippen LogP contribution in [0.2, 0.25) is 0 Å². The maximum atomic E-state index is 11.3. The largest absolute Gasteiger partial charge is 0.381 e. The van der Waals surface area contributed by atoms with Crippen molar-refractivity contribution >= 4 is 5.69 Å². The highest BCUT2D eigenvalue weighted by atomic mass is 16.1. The molecule has 0 aliphatic rings. The first kappa shape index (κ1) is 9.84. The number of H-pyrrole nitrogens is 1. The van der Waals surface area contributed by atoms with E-state index in [1.807, 2.05) is 19.1 Å². The number of aryl methyl sites for hydroxylation is 1. The molecule has 0 aromatic carbocycles. The van der Waals surface area contributed by atoms with E-state index in [2.05, 4.69) is 17.2 Å². The second kappa shape index (κ2) is 4.70. The number of unbranched alkanes of at least 4 members (excludes halogenated alkanes) is 1. The van der Waals surface area contributed by atoms with Crippen molar-refractivity contribution in [1.82, 2.24) is 4.98 Å². The van der Waals surface area contributed by atoms with Gasteiger partial charge in [0.05, 0.1) is 0 Å². The van der Waals surface area contributed by atoms with Crippen LogP contribution in [0.15, 0.2) is 16.9 Å². The second-order valence-electron chi connectivity index (χ2n) is 3.16. The van der Waals surface area contributed by atoms with Gasteiger partial charge in [-0.3, -0.25) is 4.79 Å². The lowest BCUT2D eigenvalue weighted by Gasteiger charge is -2.03. The van der Waals surface area contributed by atoms with Crippen LogP contribution in [-0.4, -0.2) is 11.5 Å². The van der Waals surface area contributed by atoms with E-state index < -0.39 is 0 Å². The lowest BCUT2D eigenvalue weighted by atomic mass is 10.3. The fraction of sp³-hybridized carbons (Fsp3) is 0.500. The van der Waals surface area contributed by atoms with Gasteiger partial charge in [-0.25, -0.2) is 0 Å². The Hall–Kier alpha value is -1.25. The zero-order chi connectivity index (χ0) is 9.68. The summed E-state index contributed by atoms with van der Waals surface area (Å²) in [5.41, 5.74) is 1.53. The van der Waals surface area contributed by atoms with Gasteiger partial charge in [0, 0.05) is 12.2 Å². The quantitative estimate of drug-likeness (QED) is 0.695. The Labute approximate surface area is 78.2 Å². The fourth-order valence-corrected chi connectivity index (χ4v) is 1.11. The van der Waals surface area contributed by atoms with Crippen molar-refractivity contribution in [2.45, 2.75) is 26.7 Å². The number of anilines is 1. The average molecular weight is 180 g/mol. The number of hydrogen-bond acceptors (Lipinski definition) is 2. The van der Waals surface area contributed by atoms with Crippen LogP contribution in [0.3, 0.4) is 0 Å². The van der Waals surface area contributed by atoms with Crippen LogP contribution in [0.5, 0.6) is 0 Å². The van der Waals surface area contributed by atoms with Gasteiger partial charge in [0.15, 0.2) is 0 Å². The highest BCUT2D eigenvalue weighted by molar-refractivity contribution is 5.40. The van der Waals surface area contributed by atoms with Gasteiger partial charge < -0.3 is 10.3 Å². The zero-order valence-corrected chi connectivity index (χ0v) is 8.18. The van der Waals surface area contributed by atoms with E-state index in [1.165, 1.54) is 0 Å². The molecule has 0 atom stereocenters. The molecule has 1 heterocycles. The molecule has 1 rings (SSSR count). The monoisotopic (exact) mass is 180 g/mol. The topological polar surface area (TPSA) is 44.9 Å². The molecule has 2 N–H and O–H groups in total. The molecule has 0 saturated carbocycles. The van der Waals surface area contributed by atoms with Crippen molar-refractivity contribution < 1.29 is 0 Å². The first-order chi connectivity index (χ1) is 6.24. The standard InChI is InChI=1S/C10H16N2O/c1-3-4-7-11-9-6-5-8(2)12-10(9)13/h5-6,11H,3-4,7H2,1-2H3,(H,12,13). The first-order valence-corrected chi connectivity index (χ1v) is 4.68. The molecule has 0 fully saturated rings. The number of aromatic nitrogens is 1. The third-order valence-corrected chi connectivity index (χ3v) is 1.90. The van der Waals surface area contributed by atoms with E-state index in [0.29, 0.717) is 5.69 Å². The summed E-state index contributed by atoms with van der Waals surface area (Å²) in [7, 11) is 0. The Morgan fingerprint density at radius 2 is 2.23 bits per heavy atom. The van der Waals surface area contributed by atoms with Gasteiger partial charge in [0.2, 0.25) is 0 Å². The lowest BCUT2D eigenvalue weighted by Crippen LogP contribution is -2.15. The molecule has 3 nitrogen and oxygen atoms in total. The normalized spacial score (nSPS) is 10.0. The fourth-order valence-electron chi connectivity index (χ4n) is 1.11. The minimum absolute atomic E-state index is 0.0314. The number of hydrogen-bond donors (Lipinski definition) is 2. The van der Waals surface area contributed by atoms with Crippen LogP contribution in [0.1, 0.15) is 25.5 Å². The van der Waals surface area contributed by atoms with Crippen LogP contribution in [0, 0.1) is 6.92 Å². The summed E-state index contributed by atoms with van der Waals surface area (Å²) in [5.74, 6) is 0. The van der Waals surface area contributed by atoms with Gasteiger partial charge in [0.25, 0.3) is 5.56 Å². The van der Waals surface area contributed by atoms with E-state index in [-0.39, 0.29) is 5.56 Å². The summed E-state index contributed by atoms with van der Waals surface area (Å²) in [6.45, 7) is 4.86. The lowest BCUT2D eigenvalue weighted by molar-refractivity contribution is 0.832. The van der Waals surface area contributed by atoms with E-state index in [1.54, 1.807) is 0 Å². The van der Waals surface area contributed by atoms with Crippen molar-refractivity contribution in [3.05, 3.63) is 28.2 Å². The van der Waals surface area contributed by atoms with Gasteiger partial charge in [0.1, 0.15) is 5.69 Å². The molecule has 0 aliphatic carbocycles. The van der Waals surface area contributed by atoms with Crippen LogP contribution < -0.4 is 10.9 Å². The third kappa shape index (κ3) is 2.93. The van der Waals surface area contributed by atoms with Gasteiger partial charge in [-0.2, -0.15) is 0 Å². The highest BCUT2D eigenvalue weighted by Crippen LogP contribution is 1.99. The minimum atomic E-state index is -0.0314. The molecule has 0 aliphatic heterocycles. The predicted octanol–water partition coefficient (Wildman–Crippen LogP) is 1.90. The smallest absolute Gasteiger partial charge is 0.271 e. The van der Waals surface area contributed by atoms with Crippen LogP contribution in [-0.2, 0) is 0 Å². The number of rotatable bonds is 4. The number of aromatic amines is 1. The summed E-state index contributed by atoms with van der Waals surface area (Å²) in [5, 5.41) is 3.10. The Balaban J connectivity index is 2.62. The second-order valence-corrected chi connectivity index (χ2v) is 3.16. The molecule has 1 aromatic heterocycles. The predicted molar refractivity (Wildman–Crippen MR) is 55.2 cm³/mol. The van der Waals surface area contributed by atoms with Crippen molar-refractivity contribution in [3.63, 3.8) is 0 Å². The van der Waals surface area contributed by atoms with Crippen molar-refractivity contribution in [2.24, 2.45) is 0 Å². The van der Waals surface area contributed by atoms with Gasteiger partial charge in [-0.1, -0.05) is 13.3 Å². The van der Waals surface area contributed by atoms with Crippen LogP contribution in [0.25, 0.3) is 0 Å². The Morgan fingerprint density at radius 3 is 2.85 bits per heavy atom. The molecular formula is C10H16N2O. The maximum absolute atomic E-state index is 11.3. The first-order valence-electron chi connectivity index (χ1n) is 4.68. The summed E-state index contributed by atoms with van der Waals surface area (Å²) in [4.78, 5) is 14.1. The molecule has 0 amide bonds. The summed E-state index contributed by atoms with van der Waals surface area (Å²) in [6.07, 6.45) is 2.23. The van der Waals surface area contributed by atoms with Crippen LogP contribution in [0.4, 0.5) is 5.69 Å². The molecule has 72 valence electrons. The molecular weight excluding hydrogens is 164 g/mol. The van der Waals surface area contributed by atoms with Crippen molar-refractivity contribution in [1.29, 1.82) is 0 Å². The molecule has 3 heteroatoms. The SMILES string of the molecule is CCCCNc1ccc(C)[nH]c1=O. The minimum Gasteiger partial charge on any atom is -0.381 e. The van der Waals surface area contributed by atoms with Crippen LogP contribution >= 0.6 is 0 Å². The Kier molecular flexibility index (Phi) is 3.55. The molecule has 1 aromatic rings. The maximum Gasteiger partial charge on any atom is 0.271 e. The Bertz CT molecular complexity index is 317. The molecule has 13 heavy (non-hydrogen) atoms. The van der Waals surface area contributed by atoms with E-state index >= 15 is 0 Å². The highest BCUT2D eigenvalue weighted by Gasteiger charge is 1.96. The van der Waals surface area contributed by atoms with Gasteiger partial charge in [-0.05, 0) is 25.5 Å². The van der Waals surface area contributed by atoms with E-state index in [0.717, 1.165) is 25.1 Å². The van der Waals surface area contributed by atoms with Gasteiger partial charge in [-0.15, -0.1) is 0 Å². The third-order valence-electron chi connectivity index (χ3n) is 1.90. The number of nitrogens with one attached hydrogen (secondary N) is 2.